The molecule has 2 aromatic heterocycles. The number of aromatic nitrogens is 3. The normalized spacial score (nSPS) is 14.9. The molecule has 2 N–H and O–H groups in total. The quantitative estimate of drug-likeness (QED) is 0.820. The minimum absolute atomic E-state index is 0. The van der Waals surface area contributed by atoms with E-state index in [0.29, 0.717) is 28.3 Å². The third kappa shape index (κ3) is 5.08. The highest BCUT2D eigenvalue weighted by Gasteiger charge is 2.21. The number of halogens is 4. The van der Waals surface area contributed by atoms with Crippen LogP contribution >= 0.6 is 48.0 Å². The van der Waals surface area contributed by atoms with Crippen molar-refractivity contribution in [3.8, 4) is 0 Å². The third-order valence-electron chi connectivity index (χ3n) is 3.51. The highest BCUT2D eigenvalue weighted by atomic mass is 35.5. The molecule has 11 heteroatoms. The predicted octanol–water partition coefficient (Wildman–Crippen LogP) is 2.40. The summed E-state index contributed by atoms with van der Waals surface area (Å²) < 4.78 is 5.01. The van der Waals surface area contributed by atoms with Gasteiger partial charge in [-0.15, -0.1) is 24.8 Å². The predicted molar refractivity (Wildman–Crippen MR) is 98.4 cm³/mol. The molecule has 24 heavy (non-hydrogen) atoms. The SMILES string of the molecule is Cl.Cl.NCc1nc(CN2CCN(c3ncc(Cl)cc3Cl)CC2)no1. The van der Waals surface area contributed by atoms with Crippen LogP contribution < -0.4 is 10.6 Å². The molecule has 134 valence electrons. The molecule has 3 heterocycles. The molecule has 0 aromatic carbocycles. The van der Waals surface area contributed by atoms with Crippen molar-refractivity contribution in [2.45, 2.75) is 13.1 Å². The number of hydrogen-bond donors (Lipinski definition) is 1. The van der Waals surface area contributed by atoms with Crippen molar-refractivity contribution >= 4 is 53.8 Å². The fourth-order valence-electron chi connectivity index (χ4n) is 2.40. The molecule has 0 spiro atoms. The largest absolute Gasteiger partial charge is 0.353 e. The number of anilines is 1. The minimum Gasteiger partial charge on any atom is -0.353 e. The number of rotatable bonds is 4. The van der Waals surface area contributed by atoms with Crippen molar-refractivity contribution in [2.24, 2.45) is 5.73 Å². The smallest absolute Gasteiger partial charge is 0.240 e. The van der Waals surface area contributed by atoms with Crippen LogP contribution in [0.2, 0.25) is 10.0 Å². The molecular formula is C13H18Cl4N6O. The molecule has 0 aliphatic carbocycles. The average molecular weight is 416 g/mol. The summed E-state index contributed by atoms with van der Waals surface area (Å²) in [7, 11) is 0. The Bertz CT molecular complexity index is 647. The van der Waals surface area contributed by atoms with Crippen molar-refractivity contribution < 1.29 is 4.52 Å². The van der Waals surface area contributed by atoms with E-state index in [1.165, 1.54) is 0 Å². The second kappa shape index (κ2) is 9.60. The summed E-state index contributed by atoms with van der Waals surface area (Å²) >= 11 is 12.1. The molecule has 0 amide bonds. The van der Waals surface area contributed by atoms with Gasteiger partial charge >= 0.3 is 0 Å². The molecule has 3 rings (SSSR count). The molecule has 0 bridgehead atoms. The number of nitrogens with zero attached hydrogens (tertiary/aromatic N) is 5. The van der Waals surface area contributed by atoms with E-state index in [9.17, 15) is 0 Å². The van der Waals surface area contributed by atoms with Gasteiger partial charge in [0, 0.05) is 32.4 Å². The van der Waals surface area contributed by atoms with E-state index in [-0.39, 0.29) is 31.4 Å². The zero-order valence-electron chi connectivity index (χ0n) is 12.7. The Hall–Kier alpha value is -0.830. The van der Waals surface area contributed by atoms with Crippen LogP contribution in [0.5, 0.6) is 0 Å². The van der Waals surface area contributed by atoms with Crippen molar-refractivity contribution in [1.82, 2.24) is 20.0 Å². The minimum atomic E-state index is 0. The summed E-state index contributed by atoms with van der Waals surface area (Å²) in [5, 5.41) is 5.03. The van der Waals surface area contributed by atoms with Crippen molar-refractivity contribution in [1.29, 1.82) is 0 Å². The molecule has 0 unspecified atom stereocenters. The first kappa shape index (κ1) is 21.2. The Kier molecular flexibility index (Phi) is 8.49. The van der Waals surface area contributed by atoms with Crippen LogP contribution in [0, 0.1) is 0 Å². The van der Waals surface area contributed by atoms with E-state index >= 15 is 0 Å². The molecular weight excluding hydrogens is 398 g/mol. The lowest BCUT2D eigenvalue weighted by atomic mass is 10.3. The second-order valence-electron chi connectivity index (χ2n) is 5.03. The standard InChI is InChI=1S/C13H16Cl2N6O.2ClH/c14-9-5-10(15)13(17-7-9)21-3-1-20(2-4-21)8-11-18-12(6-16)22-19-11;;/h5,7H,1-4,6,8,16H2;2*1H. The fourth-order valence-corrected chi connectivity index (χ4v) is 2.89. The Morgan fingerprint density at radius 3 is 2.46 bits per heavy atom. The van der Waals surface area contributed by atoms with E-state index in [1.54, 1.807) is 12.3 Å². The van der Waals surface area contributed by atoms with Crippen LogP contribution in [0.15, 0.2) is 16.8 Å². The molecule has 2 aromatic rings. The highest BCUT2D eigenvalue weighted by molar-refractivity contribution is 6.36. The Morgan fingerprint density at radius 1 is 1.17 bits per heavy atom. The molecule has 0 saturated carbocycles. The lowest BCUT2D eigenvalue weighted by Crippen LogP contribution is -2.46. The Morgan fingerprint density at radius 2 is 1.88 bits per heavy atom. The summed E-state index contributed by atoms with van der Waals surface area (Å²) in [5.41, 5.74) is 5.46. The lowest BCUT2D eigenvalue weighted by Gasteiger charge is -2.35. The number of piperazine rings is 1. The van der Waals surface area contributed by atoms with E-state index in [4.69, 9.17) is 33.5 Å². The second-order valence-corrected chi connectivity index (χ2v) is 5.87. The van der Waals surface area contributed by atoms with E-state index in [1.807, 2.05) is 0 Å². The van der Waals surface area contributed by atoms with Crippen molar-refractivity contribution in [3.05, 3.63) is 34.0 Å². The zero-order chi connectivity index (χ0) is 15.5. The van der Waals surface area contributed by atoms with Gasteiger partial charge in [0.2, 0.25) is 5.89 Å². The zero-order valence-corrected chi connectivity index (χ0v) is 15.8. The van der Waals surface area contributed by atoms with Gasteiger partial charge in [0.05, 0.1) is 23.1 Å². The lowest BCUT2D eigenvalue weighted by molar-refractivity contribution is 0.239. The third-order valence-corrected chi connectivity index (χ3v) is 3.99. The summed E-state index contributed by atoms with van der Waals surface area (Å²) in [4.78, 5) is 12.9. The van der Waals surface area contributed by atoms with Gasteiger partial charge in [-0.05, 0) is 6.07 Å². The molecule has 1 aliphatic heterocycles. The van der Waals surface area contributed by atoms with Gasteiger partial charge in [-0.2, -0.15) is 4.98 Å². The fraction of sp³-hybridized carbons (Fsp3) is 0.462. The number of hydrogen-bond acceptors (Lipinski definition) is 7. The van der Waals surface area contributed by atoms with Crippen LogP contribution in [0.4, 0.5) is 5.82 Å². The molecule has 1 saturated heterocycles. The van der Waals surface area contributed by atoms with Crippen LogP contribution in [-0.2, 0) is 13.1 Å². The first-order valence-electron chi connectivity index (χ1n) is 6.95. The molecule has 1 fully saturated rings. The maximum Gasteiger partial charge on any atom is 0.240 e. The molecule has 1 aliphatic rings. The summed E-state index contributed by atoms with van der Waals surface area (Å²) in [5.74, 6) is 1.90. The van der Waals surface area contributed by atoms with Crippen molar-refractivity contribution in [2.75, 3.05) is 31.1 Å². The van der Waals surface area contributed by atoms with Crippen LogP contribution in [0.25, 0.3) is 0 Å². The summed E-state index contributed by atoms with van der Waals surface area (Å²) in [6.07, 6.45) is 1.61. The van der Waals surface area contributed by atoms with E-state index < -0.39 is 0 Å². The number of pyridine rings is 1. The molecule has 0 atom stereocenters. The van der Waals surface area contributed by atoms with Gasteiger partial charge in [-0.25, -0.2) is 4.98 Å². The van der Waals surface area contributed by atoms with Crippen LogP contribution in [0.3, 0.4) is 0 Å². The van der Waals surface area contributed by atoms with Gasteiger partial charge < -0.3 is 15.2 Å². The first-order valence-corrected chi connectivity index (χ1v) is 7.71. The first-order chi connectivity index (χ1) is 10.7. The maximum atomic E-state index is 6.20. The summed E-state index contributed by atoms with van der Waals surface area (Å²) in [6.45, 7) is 4.31. The van der Waals surface area contributed by atoms with Gasteiger partial charge in [-0.3, -0.25) is 4.90 Å². The van der Waals surface area contributed by atoms with E-state index in [0.717, 1.165) is 32.0 Å². The van der Waals surface area contributed by atoms with Gasteiger partial charge in [0.15, 0.2) is 5.82 Å². The Balaban J connectivity index is 0.00000144. The van der Waals surface area contributed by atoms with Crippen molar-refractivity contribution in [3.63, 3.8) is 0 Å². The maximum absolute atomic E-state index is 6.20. The van der Waals surface area contributed by atoms with E-state index in [2.05, 4.69) is 24.9 Å². The van der Waals surface area contributed by atoms with Gasteiger partial charge in [0.1, 0.15) is 5.82 Å². The molecule has 0 radical (unpaired) electrons. The highest BCUT2D eigenvalue weighted by Crippen LogP contribution is 2.26. The Labute approximate surface area is 162 Å². The van der Waals surface area contributed by atoms with Gasteiger partial charge in [-0.1, -0.05) is 28.4 Å². The summed E-state index contributed by atoms with van der Waals surface area (Å²) in [6, 6.07) is 1.71. The van der Waals surface area contributed by atoms with Gasteiger partial charge in [0.25, 0.3) is 0 Å². The van der Waals surface area contributed by atoms with Crippen LogP contribution in [-0.4, -0.2) is 46.2 Å². The monoisotopic (exact) mass is 414 g/mol. The van der Waals surface area contributed by atoms with Crippen LogP contribution in [0.1, 0.15) is 11.7 Å². The molecule has 7 nitrogen and oxygen atoms in total. The number of nitrogens with two attached hydrogens (primary N) is 1. The average Bonchev–Trinajstić information content (AvgIpc) is 2.96. The topological polar surface area (TPSA) is 84.3 Å².